The van der Waals surface area contributed by atoms with Crippen LogP contribution >= 0.6 is 0 Å². The van der Waals surface area contributed by atoms with Crippen molar-refractivity contribution < 1.29 is 54.5 Å². The van der Waals surface area contributed by atoms with Gasteiger partial charge in [-0.25, -0.2) is 13.4 Å². The summed E-state index contributed by atoms with van der Waals surface area (Å²) in [7, 11) is -3.54. The Hall–Kier alpha value is -4.73. The zero-order chi connectivity index (χ0) is 32.9. The Balaban J connectivity index is 1.50. The maximum absolute atomic E-state index is 14.2. The van der Waals surface area contributed by atoms with Crippen LogP contribution in [0.15, 0.2) is 59.5 Å². The number of aromatic nitrogens is 2. The summed E-state index contributed by atoms with van der Waals surface area (Å²) in [5.41, 5.74) is -0.0717. The molecule has 0 radical (unpaired) electrons. The number of halogens is 5. The fraction of sp³-hybridized carbons (Fsp3) is 0.276. The Morgan fingerprint density at radius 3 is 2.38 bits per heavy atom. The molecule has 4 aromatic rings. The molecule has 2 heterocycles. The number of para-hydroxylation sites is 1. The first-order chi connectivity index (χ1) is 21.0. The smallest absolute Gasteiger partial charge is 0.481 e. The number of carboxylic acids is 1. The number of benzene rings is 3. The fourth-order valence-electron chi connectivity index (χ4n) is 5.00. The van der Waals surface area contributed by atoms with Crippen molar-refractivity contribution in [1.82, 2.24) is 14.9 Å². The minimum Gasteiger partial charge on any atom is -0.481 e. The Morgan fingerprint density at radius 1 is 1.07 bits per heavy atom. The minimum absolute atomic E-state index is 0.0137. The molecule has 16 heteroatoms. The van der Waals surface area contributed by atoms with Gasteiger partial charge in [-0.3, -0.25) is 9.59 Å². The second-order valence-corrected chi connectivity index (χ2v) is 12.4. The lowest BCUT2D eigenvalue weighted by atomic mass is 10.0. The quantitative estimate of drug-likeness (QED) is 0.227. The molecular formula is C29H24F5N3O7S. The Bertz CT molecular complexity index is 1920. The molecule has 0 aliphatic carbocycles. The lowest BCUT2D eigenvalue weighted by Crippen LogP contribution is -2.30. The number of hydrogen-bond donors (Lipinski definition) is 2. The lowest BCUT2D eigenvalue weighted by Gasteiger charge is -2.19. The normalized spacial score (nSPS) is 14.8. The molecule has 1 amide bonds. The maximum atomic E-state index is 14.2. The molecular weight excluding hydrogens is 629 g/mol. The van der Waals surface area contributed by atoms with Gasteiger partial charge in [0.15, 0.2) is 21.3 Å². The minimum atomic E-state index is -4.98. The van der Waals surface area contributed by atoms with Crippen molar-refractivity contribution in [1.29, 1.82) is 0 Å². The summed E-state index contributed by atoms with van der Waals surface area (Å²) >= 11 is 0. The highest BCUT2D eigenvalue weighted by molar-refractivity contribution is 7.91. The van der Waals surface area contributed by atoms with Crippen molar-refractivity contribution in [3.8, 4) is 11.5 Å². The van der Waals surface area contributed by atoms with Crippen molar-refractivity contribution in [2.24, 2.45) is 0 Å². The van der Waals surface area contributed by atoms with Crippen LogP contribution in [0.5, 0.6) is 11.5 Å². The molecule has 0 fully saturated rings. The SMILES string of the molecule is CCS(=O)(=O)c1ccc([C@H](CC(=O)O)NC(=O)c2ccc3c(nc(C(F)(F)F)n3Cc3cccc4c3OC(F)(F)O4)c2C)cc1. The molecule has 0 spiro atoms. The number of carbonyl (C=O) groups excluding carboxylic acids is 1. The number of imidazole rings is 1. The van der Waals surface area contributed by atoms with Gasteiger partial charge in [0.1, 0.15) is 0 Å². The van der Waals surface area contributed by atoms with E-state index in [0.717, 1.165) is 4.57 Å². The molecule has 1 aliphatic rings. The fourth-order valence-corrected chi connectivity index (χ4v) is 5.89. The summed E-state index contributed by atoms with van der Waals surface area (Å²) in [5.74, 6) is -4.36. The zero-order valence-electron chi connectivity index (χ0n) is 23.5. The molecule has 0 unspecified atom stereocenters. The number of amides is 1. The van der Waals surface area contributed by atoms with E-state index in [-0.39, 0.29) is 49.7 Å². The van der Waals surface area contributed by atoms with Crippen LogP contribution in [0.1, 0.15) is 52.3 Å². The van der Waals surface area contributed by atoms with Gasteiger partial charge in [0, 0.05) is 11.1 Å². The second kappa shape index (κ2) is 11.3. The van der Waals surface area contributed by atoms with Crippen LogP contribution in [0.25, 0.3) is 11.0 Å². The van der Waals surface area contributed by atoms with E-state index in [9.17, 15) is 45.1 Å². The van der Waals surface area contributed by atoms with E-state index in [4.69, 9.17) is 0 Å². The molecule has 1 atom stereocenters. The van der Waals surface area contributed by atoms with Gasteiger partial charge in [-0.05, 0) is 48.4 Å². The van der Waals surface area contributed by atoms with Gasteiger partial charge in [-0.2, -0.15) is 13.2 Å². The molecule has 1 aliphatic heterocycles. The van der Waals surface area contributed by atoms with Crippen LogP contribution in [-0.4, -0.2) is 47.0 Å². The highest BCUT2D eigenvalue weighted by Crippen LogP contribution is 2.44. The number of hydrogen-bond acceptors (Lipinski definition) is 7. The standard InChI is InChI=1S/C29H24F5N3O7S/c1-3-45(41,42)18-9-7-16(8-10-18)20(13-23(38)39)35-26(40)19-11-12-21-24(15(19)2)36-27(28(30,31)32)37(21)14-17-5-4-6-22-25(17)44-29(33,34)43-22/h4-12,20H,3,13-14H2,1-2H3,(H,35,40)(H,38,39)/t20-/m0/s1. The van der Waals surface area contributed by atoms with Gasteiger partial charge in [0.05, 0.1) is 40.7 Å². The predicted molar refractivity (Wildman–Crippen MR) is 148 cm³/mol. The van der Waals surface area contributed by atoms with E-state index in [2.05, 4.69) is 19.8 Å². The number of carbonyl (C=O) groups is 2. The predicted octanol–water partition coefficient (Wildman–Crippen LogP) is 5.47. The Morgan fingerprint density at radius 2 is 1.76 bits per heavy atom. The number of nitrogens with one attached hydrogen (secondary N) is 1. The number of fused-ring (bicyclic) bond motifs is 2. The maximum Gasteiger partial charge on any atom is 0.586 e. The topological polar surface area (TPSA) is 137 Å². The molecule has 0 saturated heterocycles. The van der Waals surface area contributed by atoms with Crippen molar-refractivity contribution in [3.05, 3.63) is 82.7 Å². The second-order valence-electron chi connectivity index (χ2n) is 10.1. The van der Waals surface area contributed by atoms with Gasteiger partial charge < -0.3 is 24.5 Å². The van der Waals surface area contributed by atoms with Gasteiger partial charge in [-0.1, -0.05) is 31.2 Å². The summed E-state index contributed by atoms with van der Waals surface area (Å²) < 4.78 is 104. The van der Waals surface area contributed by atoms with Gasteiger partial charge in [-0.15, -0.1) is 8.78 Å². The van der Waals surface area contributed by atoms with Gasteiger partial charge in [0.25, 0.3) is 5.91 Å². The summed E-state index contributed by atoms with van der Waals surface area (Å²) in [6.45, 7) is 2.25. The Labute approximate surface area is 252 Å². The summed E-state index contributed by atoms with van der Waals surface area (Å²) in [6.07, 6.45) is -9.54. The number of alkyl halides is 5. The van der Waals surface area contributed by atoms with Crippen molar-refractivity contribution >= 4 is 32.7 Å². The zero-order valence-corrected chi connectivity index (χ0v) is 24.3. The summed E-state index contributed by atoms with van der Waals surface area (Å²) in [4.78, 5) is 28.7. The van der Waals surface area contributed by atoms with Crippen LogP contribution in [0, 0.1) is 6.92 Å². The van der Waals surface area contributed by atoms with E-state index in [1.807, 2.05) is 0 Å². The van der Waals surface area contributed by atoms with E-state index in [1.54, 1.807) is 0 Å². The highest BCUT2D eigenvalue weighted by atomic mass is 32.2. The molecule has 5 rings (SSSR count). The first kappa shape index (κ1) is 31.7. The third-order valence-corrected chi connectivity index (χ3v) is 8.97. The molecule has 3 aromatic carbocycles. The first-order valence-corrected chi connectivity index (χ1v) is 15.0. The number of rotatable bonds is 9. The van der Waals surface area contributed by atoms with Crippen molar-refractivity contribution in [2.45, 2.75) is 50.2 Å². The van der Waals surface area contributed by atoms with Crippen LogP contribution in [-0.2, 0) is 27.4 Å². The van der Waals surface area contributed by atoms with Crippen molar-refractivity contribution in [3.63, 3.8) is 0 Å². The third-order valence-electron chi connectivity index (χ3n) is 7.22. The third kappa shape index (κ3) is 6.27. The van der Waals surface area contributed by atoms with Crippen LogP contribution in [0.4, 0.5) is 22.0 Å². The van der Waals surface area contributed by atoms with Crippen LogP contribution < -0.4 is 14.8 Å². The first-order valence-electron chi connectivity index (χ1n) is 13.3. The van der Waals surface area contributed by atoms with E-state index >= 15 is 0 Å². The van der Waals surface area contributed by atoms with Crippen LogP contribution in [0.2, 0.25) is 0 Å². The average molecular weight is 654 g/mol. The van der Waals surface area contributed by atoms with E-state index < -0.39 is 64.8 Å². The van der Waals surface area contributed by atoms with Gasteiger partial charge >= 0.3 is 18.4 Å². The molecule has 10 nitrogen and oxygen atoms in total. The number of nitrogens with zero attached hydrogens (tertiary/aromatic N) is 2. The average Bonchev–Trinajstić information content (AvgIpc) is 3.50. The molecule has 0 bridgehead atoms. The van der Waals surface area contributed by atoms with Crippen molar-refractivity contribution in [2.75, 3.05) is 5.75 Å². The van der Waals surface area contributed by atoms with E-state index in [0.29, 0.717) is 0 Å². The van der Waals surface area contributed by atoms with Gasteiger partial charge in [0.2, 0.25) is 5.82 Å². The van der Waals surface area contributed by atoms with Crippen LogP contribution in [0.3, 0.4) is 0 Å². The molecule has 45 heavy (non-hydrogen) atoms. The number of ether oxygens (including phenoxy) is 2. The molecule has 238 valence electrons. The number of sulfone groups is 1. The van der Waals surface area contributed by atoms with E-state index in [1.165, 1.54) is 68.4 Å². The molecule has 0 saturated carbocycles. The summed E-state index contributed by atoms with van der Waals surface area (Å²) in [5, 5.41) is 12.0. The summed E-state index contributed by atoms with van der Waals surface area (Å²) in [6, 6.07) is 10.5. The largest absolute Gasteiger partial charge is 0.586 e. The Kier molecular flexibility index (Phi) is 7.97. The lowest BCUT2D eigenvalue weighted by molar-refractivity contribution is -0.287. The monoisotopic (exact) mass is 653 g/mol. The number of aryl methyl sites for hydroxylation is 1. The number of carboxylic acid groups (broad SMARTS) is 1. The molecule has 2 N–H and O–H groups in total. The number of aliphatic carboxylic acids is 1. The highest BCUT2D eigenvalue weighted by Gasteiger charge is 2.45. The molecule has 1 aromatic heterocycles.